The fourth-order valence-corrected chi connectivity index (χ4v) is 2.73. The summed E-state index contributed by atoms with van der Waals surface area (Å²) in [7, 11) is 2.00. The van der Waals surface area contributed by atoms with Crippen molar-refractivity contribution in [2.45, 2.75) is 52.0 Å². The number of nitrogens with one attached hydrogen (secondary N) is 1. The molecule has 1 unspecified atom stereocenters. The molecule has 0 bridgehead atoms. The molecule has 2 rings (SSSR count). The fraction of sp³-hybridized carbons (Fsp3) is 0.474. The first kappa shape index (κ1) is 15.8. The van der Waals surface area contributed by atoms with Crippen LogP contribution in [0.2, 0.25) is 0 Å². The molecule has 0 radical (unpaired) electrons. The Kier molecular flexibility index (Phi) is 4.89. The molecule has 0 spiro atoms. The van der Waals surface area contributed by atoms with Gasteiger partial charge < -0.3 is 9.73 Å². The van der Waals surface area contributed by atoms with Crippen LogP contribution in [0.25, 0.3) is 0 Å². The summed E-state index contributed by atoms with van der Waals surface area (Å²) >= 11 is 0. The highest BCUT2D eigenvalue weighted by Crippen LogP contribution is 2.30. The first-order valence-corrected chi connectivity index (χ1v) is 7.87. The van der Waals surface area contributed by atoms with E-state index in [1.807, 2.05) is 7.05 Å². The second-order valence-electron chi connectivity index (χ2n) is 6.23. The smallest absolute Gasteiger partial charge is 0.108 e. The number of aryl methyl sites for hydroxylation is 1. The summed E-state index contributed by atoms with van der Waals surface area (Å²) in [5.41, 5.74) is 4.15. The van der Waals surface area contributed by atoms with E-state index in [2.05, 4.69) is 63.3 Å². The minimum Gasteiger partial charge on any atom is -0.469 e. The Balaban J connectivity index is 2.32. The predicted octanol–water partition coefficient (Wildman–Crippen LogP) is 4.84. The van der Waals surface area contributed by atoms with Crippen LogP contribution in [0.1, 0.15) is 62.6 Å². The van der Waals surface area contributed by atoms with Gasteiger partial charge in [0.1, 0.15) is 5.76 Å². The average Bonchev–Trinajstić information content (AvgIpc) is 2.97. The van der Waals surface area contributed by atoms with Crippen LogP contribution in [0.3, 0.4) is 0 Å². The summed E-state index contributed by atoms with van der Waals surface area (Å²) in [5, 5.41) is 3.41. The lowest BCUT2D eigenvalue weighted by Gasteiger charge is -2.24. The van der Waals surface area contributed by atoms with Crippen LogP contribution in [-0.4, -0.2) is 7.05 Å². The number of hydrogen-bond donors (Lipinski definition) is 1. The highest BCUT2D eigenvalue weighted by atomic mass is 16.3. The average molecular weight is 285 g/mol. The highest BCUT2D eigenvalue weighted by Gasteiger charge is 2.20. The molecule has 0 aliphatic carbocycles. The van der Waals surface area contributed by atoms with Gasteiger partial charge in [-0.1, -0.05) is 52.0 Å². The molecular formula is C19H27NO. The fourth-order valence-electron chi connectivity index (χ4n) is 2.73. The van der Waals surface area contributed by atoms with E-state index < -0.39 is 0 Å². The van der Waals surface area contributed by atoms with Crippen molar-refractivity contribution >= 4 is 0 Å². The minimum atomic E-state index is 0.192. The third kappa shape index (κ3) is 3.21. The van der Waals surface area contributed by atoms with Crippen LogP contribution in [0.5, 0.6) is 0 Å². The molecule has 0 fully saturated rings. The van der Waals surface area contributed by atoms with Crippen LogP contribution in [0.15, 0.2) is 41.0 Å². The van der Waals surface area contributed by atoms with Gasteiger partial charge in [-0.05, 0) is 36.1 Å². The quantitative estimate of drug-likeness (QED) is 0.821. The van der Waals surface area contributed by atoms with E-state index in [1.165, 1.54) is 16.7 Å². The molecule has 0 saturated heterocycles. The number of benzene rings is 1. The Labute approximate surface area is 128 Å². The molecule has 0 aliphatic rings. The van der Waals surface area contributed by atoms with E-state index in [4.69, 9.17) is 4.42 Å². The topological polar surface area (TPSA) is 25.2 Å². The van der Waals surface area contributed by atoms with Gasteiger partial charge in [0.25, 0.3) is 0 Å². The van der Waals surface area contributed by atoms with Crippen molar-refractivity contribution in [3.05, 3.63) is 59.0 Å². The number of furan rings is 1. The monoisotopic (exact) mass is 285 g/mol. The Morgan fingerprint density at radius 3 is 2.29 bits per heavy atom. The zero-order valence-electron chi connectivity index (χ0n) is 13.9. The molecule has 1 heterocycles. The minimum absolute atomic E-state index is 0.192. The summed E-state index contributed by atoms with van der Waals surface area (Å²) < 4.78 is 5.57. The zero-order chi connectivity index (χ0) is 15.5. The largest absolute Gasteiger partial charge is 0.469 e. The normalized spacial score (nSPS) is 13.4. The molecule has 1 atom stereocenters. The first-order valence-electron chi connectivity index (χ1n) is 7.87. The van der Waals surface area contributed by atoms with Crippen molar-refractivity contribution < 1.29 is 4.42 Å². The summed E-state index contributed by atoms with van der Waals surface area (Å²) in [5.74, 6) is 1.06. The number of hydrogen-bond acceptors (Lipinski definition) is 2. The van der Waals surface area contributed by atoms with Gasteiger partial charge in [0.2, 0.25) is 0 Å². The standard InChI is InChI=1S/C19H27NO/c1-6-17-16(12-13-21-17)18(20-5)14-8-10-15(11-9-14)19(3,4)7-2/h8-13,18,20H,6-7H2,1-5H3. The van der Waals surface area contributed by atoms with E-state index in [0.29, 0.717) is 0 Å². The van der Waals surface area contributed by atoms with Gasteiger partial charge in [-0.3, -0.25) is 0 Å². The SMILES string of the molecule is CCc1occc1C(NC)c1ccc(C(C)(C)CC)cc1. The highest BCUT2D eigenvalue weighted by molar-refractivity contribution is 5.36. The molecule has 0 aliphatic heterocycles. The second kappa shape index (κ2) is 6.48. The Bertz CT molecular complexity index is 566. The Hall–Kier alpha value is -1.54. The van der Waals surface area contributed by atoms with Gasteiger partial charge in [0.05, 0.1) is 12.3 Å². The van der Waals surface area contributed by atoms with Crippen LogP contribution >= 0.6 is 0 Å². The second-order valence-corrected chi connectivity index (χ2v) is 6.23. The molecule has 0 amide bonds. The maximum absolute atomic E-state index is 5.57. The molecule has 21 heavy (non-hydrogen) atoms. The van der Waals surface area contributed by atoms with Crippen molar-refractivity contribution in [3.8, 4) is 0 Å². The molecule has 2 heteroatoms. The number of rotatable bonds is 6. The van der Waals surface area contributed by atoms with Gasteiger partial charge in [0.15, 0.2) is 0 Å². The molecular weight excluding hydrogens is 258 g/mol. The zero-order valence-corrected chi connectivity index (χ0v) is 13.9. The maximum atomic E-state index is 5.57. The lowest BCUT2D eigenvalue weighted by atomic mass is 9.81. The molecule has 2 aromatic rings. The van der Waals surface area contributed by atoms with Gasteiger partial charge in [-0.25, -0.2) is 0 Å². The van der Waals surface area contributed by atoms with Crippen molar-refractivity contribution in [3.63, 3.8) is 0 Å². The third-order valence-electron chi connectivity index (χ3n) is 4.61. The predicted molar refractivity (Wildman–Crippen MR) is 88.7 cm³/mol. The Morgan fingerprint density at radius 1 is 1.10 bits per heavy atom. The molecule has 2 nitrogen and oxygen atoms in total. The molecule has 1 aromatic carbocycles. The molecule has 1 N–H and O–H groups in total. The summed E-state index contributed by atoms with van der Waals surface area (Å²) in [6.45, 7) is 8.96. The maximum Gasteiger partial charge on any atom is 0.108 e. The van der Waals surface area contributed by atoms with E-state index in [0.717, 1.165) is 18.6 Å². The van der Waals surface area contributed by atoms with Crippen LogP contribution in [0.4, 0.5) is 0 Å². The van der Waals surface area contributed by atoms with E-state index in [9.17, 15) is 0 Å². The van der Waals surface area contributed by atoms with Crippen LogP contribution in [0, 0.1) is 0 Å². The van der Waals surface area contributed by atoms with Crippen molar-refractivity contribution in [1.82, 2.24) is 5.32 Å². The van der Waals surface area contributed by atoms with Crippen molar-refractivity contribution in [1.29, 1.82) is 0 Å². The van der Waals surface area contributed by atoms with Gasteiger partial charge in [-0.15, -0.1) is 0 Å². The van der Waals surface area contributed by atoms with E-state index in [-0.39, 0.29) is 11.5 Å². The van der Waals surface area contributed by atoms with Gasteiger partial charge >= 0.3 is 0 Å². The van der Waals surface area contributed by atoms with Crippen molar-refractivity contribution in [2.24, 2.45) is 0 Å². The van der Waals surface area contributed by atoms with Crippen LogP contribution < -0.4 is 5.32 Å². The molecule has 1 aromatic heterocycles. The molecule has 0 saturated carbocycles. The molecule has 114 valence electrons. The first-order chi connectivity index (χ1) is 10.0. The van der Waals surface area contributed by atoms with E-state index in [1.54, 1.807) is 6.26 Å². The summed E-state index contributed by atoms with van der Waals surface area (Å²) in [4.78, 5) is 0. The van der Waals surface area contributed by atoms with Gasteiger partial charge in [-0.2, -0.15) is 0 Å². The lowest BCUT2D eigenvalue weighted by molar-refractivity contribution is 0.502. The van der Waals surface area contributed by atoms with Crippen molar-refractivity contribution in [2.75, 3.05) is 7.05 Å². The summed E-state index contributed by atoms with van der Waals surface area (Å²) in [6.07, 6.45) is 3.85. The Morgan fingerprint density at radius 2 is 1.76 bits per heavy atom. The lowest BCUT2D eigenvalue weighted by Crippen LogP contribution is -2.19. The summed E-state index contributed by atoms with van der Waals surface area (Å²) in [6, 6.07) is 11.3. The third-order valence-corrected chi connectivity index (χ3v) is 4.61. The van der Waals surface area contributed by atoms with Gasteiger partial charge in [0, 0.05) is 12.0 Å². The van der Waals surface area contributed by atoms with E-state index >= 15 is 0 Å². The van der Waals surface area contributed by atoms with Crippen LogP contribution in [-0.2, 0) is 11.8 Å².